The molecule has 0 aliphatic carbocycles. The highest BCUT2D eigenvalue weighted by Crippen LogP contribution is 2.16. The second-order valence-corrected chi connectivity index (χ2v) is 3.78. The lowest BCUT2D eigenvalue weighted by Gasteiger charge is -2.10. The topological polar surface area (TPSA) is 12.0 Å². The Morgan fingerprint density at radius 2 is 2.07 bits per heavy atom. The van der Waals surface area contributed by atoms with Gasteiger partial charge in [-0.1, -0.05) is 36.8 Å². The van der Waals surface area contributed by atoms with Gasteiger partial charge in [-0.25, -0.2) is 0 Å². The molecule has 0 heterocycles. The first-order chi connectivity index (χ1) is 6.63. The Bertz CT molecular complexity index is 326. The van der Waals surface area contributed by atoms with Crippen LogP contribution in [-0.4, -0.2) is 6.54 Å². The SMILES string of the molecule is C=C(CC)CNc1ccc(C)cc1C. The smallest absolute Gasteiger partial charge is 0.0372 e. The molecule has 0 atom stereocenters. The summed E-state index contributed by atoms with van der Waals surface area (Å²) >= 11 is 0. The molecule has 1 heteroatoms. The third kappa shape index (κ3) is 2.91. The highest BCUT2D eigenvalue weighted by molar-refractivity contribution is 5.52. The molecule has 1 nitrogen and oxygen atoms in total. The van der Waals surface area contributed by atoms with Crippen molar-refractivity contribution in [3.05, 3.63) is 41.5 Å². The van der Waals surface area contributed by atoms with Gasteiger partial charge in [-0.3, -0.25) is 0 Å². The van der Waals surface area contributed by atoms with Crippen LogP contribution < -0.4 is 5.32 Å². The lowest BCUT2D eigenvalue weighted by molar-refractivity contribution is 1.05. The summed E-state index contributed by atoms with van der Waals surface area (Å²) < 4.78 is 0. The van der Waals surface area contributed by atoms with Gasteiger partial charge in [0.25, 0.3) is 0 Å². The van der Waals surface area contributed by atoms with E-state index in [0.29, 0.717) is 0 Å². The van der Waals surface area contributed by atoms with E-state index >= 15 is 0 Å². The van der Waals surface area contributed by atoms with E-state index in [9.17, 15) is 0 Å². The molecule has 0 aromatic heterocycles. The summed E-state index contributed by atoms with van der Waals surface area (Å²) in [6, 6.07) is 6.45. The normalized spacial score (nSPS) is 9.93. The van der Waals surface area contributed by atoms with Crippen molar-refractivity contribution >= 4 is 5.69 Å². The fourth-order valence-corrected chi connectivity index (χ4v) is 1.36. The quantitative estimate of drug-likeness (QED) is 0.712. The van der Waals surface area contributed by atoms with Gasteiger partial charge in [-0.15, -0.1) is 0 Å². The Morgan fingerprint density at radius 3 is 2.64 bits per heavy atom. The predicted octanol–water partition coefficient (Wildman–Crippen LogP) is 3.68. The zero-order valence-corrected chi connectivity index (χ0v) is 9.35. The lowest BCUT2D eigenvalue weighted by Crippen LogP contribution is -2.04. The fourth-order valence-electron chi connectivity index (χ4n) is 1.36. The molecular weight excluding hydrogens is 170 g/mol. The van der Waals surface area contributed by atoms with Gasteiger partial charge < -0.3 is 5.32 Å². The molecule has 0 fully saturated rings. The average Bonchev–Trinajstić information content (AvgIpc) is 2.16. The summed E-state index contributed by atoms with van der Waals surface area (Å²) in [5.41, 5.74) is 5.06. The molecule has 0 bridgehead atoms. The van der Waals surface area contributed by atoms with Gasteiger partial charge in [-0.2, -0.15) is 0 Å². The van der Waals surface area contributed by atoms with Crippen LogP contribution in [0.5, 0.6) is 0 Å². The number of hydrogen-bond acceptors (Lipinski definition) is 1. The minimum atomic E-state index is 0.875. The van der Waals surface area contributed by atoms with Crippen LogP contribution in [0.2, 0.25) is 0 Å². The van der Waals surface area contributed by atoms with E-state index in [4.69, 9.17) is 0 Å². The molecule has 76 valence electrons. The molecule has 0 aliphatic heterocycles. The average molecular weight is 189 g/mol. The number of rotatable bonds is 4. The minimum Gasteiger partial charge on any atom is -0.381 e. The molecule has 0 spiro atoms. The van der Waals surface area contributed by atoms with Crippen molar-refractivity contribution in [3.63, 3.8) is 0 Å². The van der Waals surface area contributed by atoms with E-state index in [0.717, 1.165) is 13.0 Å². The molecular formula is C13H19N. The number of aryl methyl sites for hydroxylation is 2. The van der Waals surface area contributed by atoms with Crippen LogP contribution in [0.3, 0.4) is 0 Å². The van der Waals surface area contributed by atoms with Gasteiger partial charge in [0.15, 0.2) is 0 Å². The number of benzene rings is 1. The van der Waals surface area contributed by atoms with Crippen molar-refractivity contribution in [1.29, 1.82) is 0 Å². The van der Waals surface area contributed by atoms with Crippen molar-refractivity contribution < 1.29 is 0 Å². The highest BCUT2D eigenvalue weighted by atomic mass is 14.9. The number of anilines is 1. The van der Waals surface area contributed by atoms with Crippen LogP contribution >= 0.6 is 0 Å². The van der Waals surface area contributed by atoms with E-state index < -0.39 is 0 Å². The summed E-state index contributed by atoms with van der Waals surface area (Å²) in [5, 5.41) is 3.39. The maximum absolute atomic E-state index is 3.97. The Hall–Kier alpha value is -1.24. The molecule has 1 aromatic rings. The molecule has 0 saturated heterocycles. The first-order valence-electron chi connectivity index (χ1n) is 5.11. The number of nitrogens with one attached hydrogen (secondary N) is 1. The molecule has 1 N–H and O–H groups in total. The summed E-state index contributed by atoms with van der Waals surface area (Å²) in [5.74, 6) is 0. The monoisotopic (exact) mass is 189 g/mol. The molecule has 0 saturated carbocycles. The van der Waals surface area contributed by atoms with E-state index in [1.54, 1.807) is 0 Å². The second-order valence-electron chi connectivity index (χ2n) is 3.78. The van der Waals surface area contributed by atoms with Crippen LogP contribution in [0.25, 0.3) is 0 Å². The summed E-state index contributed by atoms with van der Waals surface area (Å²) in [6.45, 7) is 11.2. The summed E-state index contributed by atoms with van der Waals surface area (Å²) in [4.78, 5) is 0. The van der Waals surface area contributed by atoms with Gasteiger partial charge in [-0.05, 0) is 31.9 Å². The first-order valence-corrected chi connectivity index (χ1v) is 5.11. The third-order valence-electron chi connectivity index (χ3n) is 2.41. The minimum absolute atomic E-state index is 0.875. The zero-order valence-electron chi connectivity index (χ0n) is 9.35. The van der Waals surface area contributed by atoms with Gasteiger partial charge >= 0.3 is 0 Å². The Labute approximate surface area is 86.8 Å². The van der Waals surface area contributed by atoms with Gasteiger partial charge in [0.1, 0.15) is 0 Å². The van der Waals surface area contributed by atoms with Crippen LogP contribution in [0.4, 0.5) is 5.69 Å². The molecule has 1 rings (SSSR count). The fraction of sp³-hybridized carbons (Fsp3) is 0.385. The van der Waals surface area contributed by atoms with Gasteiger partial charge in [0.2, 0.25) is 0 Å². The van der Waals surface area contributed by atoms with Crippen LogP contribution in [-0.2, 0) is 0 Å². The van der Waals surface area contributed by atoms with Crippen molar-refractivity contribution in [1.82, 2.24) is 0 Å². The van der Waals surface area contributed by atoms with E-state index in [1.165, 1.54) is 22.4 Å². The molecule has 0 aliphatic rings. The maximum atomic E-state index is 3.97. The molecule has 14 heavy (non-hydrogen) atoms. The molecule has 1 aromatic carbocycles. The molecule has 0 unspecified atom stereocenters. The van der Waals surface area contributed by atoms with Crippen molar-refractivity contribution in [3.8, 4) is 0 Å². The third-order valence-corrected chi connectivity index (χ3v) is 2.41. The largest absolute Gasteiger partial charge is 0.381 e. The first kappa shape index (κ1) is 10.8. The summed E-state index contributed by atoms with van der Waals surface area (Å²) in [7, 11) is 0. The zero-order chi connectivity index (χ0) is 10.6. The van der Waals surface area contributed by atoms with Crippen LogP contribution in [0.15, 0.2) is 30.4 Å². The maximum Gasteiger partial charge on any atom is 0.0372 e. The predicted molar refractivity (Wildman–Crippen MR) is 63.8 cm³/mol. The summed E-state index contributed by atoms with van der Waals surface area (Å²) in [6.07, 6.45) is 1.04. The molecule has 0 radical (unpaired) electrons. The number of hydrogen-bond donors (Lipinski definition) is 1. The second kappa shape index (κ2) is 4.85. The molecule has 0 amide bonds. The van der Waals surface area contributed by atoms with Crippen molar-refractivity contribution in [2.24, 2.45) is 0 Å². The Balaban J connectivity index is 2.63. The Kier molecular flexibility index (Phi) is 3.75. The van der Waals surface area contributed by atoms with Crippen molar-refractivity contribution in [2.75, 3.05) is 11.9 Å². The lowest BCUT2D eigenvalue weighted by atomic mass is 10.1. The van der Waals surface area contributed by atoms with E-state index in [1.807, 2.05) is 0 Å². The van der Waals surface area contributed by atoms with E-state index in [2.05, 4.69) is 50.9 Å². The van der Waals surface area contributed by atoms with Crippen LogP contribution in [0, 0.1) is 13.8 Å². The van der Waals surface area contributed by atoms with Gasteiger partial charge in [0.05, 0.1) is 0 Å². The Morgan fingerprint density at radius 1 is 1.36 bits per heavy atom. The van der Waals surface area contributed by atoms with Crippen molar-refractivity contribution in [2.45, 2.75) is 27.2 Å². The standard InChI is InChI=1S/C13H19N/c1-5-10(2)9-14-13-7-6-11(3)8-12(13)4/h6-8,14H,2,5,9H2,1,3-4H3. The highest BCUT2D eigenvalue weighted by Gasteiger charge is 1.97. The van der Waals surface area contributed by atoms with Gasteiger partial charge in [0, 0.05) is 12.2 Å². The van der Waals surface area contributed by atoms with Crippen LogP contribution in [0.1, 0.15) is 24.5 Å². The van der Waals surface area contributed by atoms with E-state index in [-0.39, 0.29) is 0 Å².